The smallest absolute Gasteiger partial charge is 1.00 e. The van der Waals surface area contributed by atoms with Crippen LogP contribution in [-0.2, 0) is 23.2 Å². The molecule has 2 aliphatic carbocycles. The molecule has 0 unspecified atom stereocenters. The molecule has 2 aromatic rings. The van der Waals surface area contributed by atoms with Gasteiger partial charge < -0.3 is 24.8 Å². The van der Waals surface area contributed by atoms with Gasteiger partial charge in [0.1, 0.15) is 0 Å². The molecular formula is C29H34Cl2SiZr. The van der Waals surface area contributed by atoms with Crippen LogP contribution in [0, 0.1) is 13.8 Å². The van der Waals surface area contributed by atoms with Gasteiger partial charge in [-0.3, -0.25) is 0 Å². The minimum atomic E-state index is -0.694. The largest absolute Gasteiger partial charge is 1.00 e. The molecule has 1 fully saturated rings. The first-order valence-corrected chi connectivity index (χ1v) is 16.2. The van der Waals surface area contributed by atoms with E-state index in [2.05, 4.69) is 88.4 Å². The van der Waals surface area contributed by atoms with Gasteiger partial charge in [0.2, 0.25) is 0 Å². The number of allylic oxidation sites excluding steroid dienone is 8. The Hall–Kier alpha value is -0.920. The maximum atomic E-state index is 2.45. The second-order valence-electron chi connectivity index (χ2n) is 9.12. The molecule has 33 heavy (non-hydrogen) atoms. The molecule has 4 heteroatoms. The Labute approximate surface area is 226 Å². The van der Waals surface area contributed by atoms with E-state index >= 15 is 0 Å². The van der Waals surface area contributed by atoms with Gasteiger partial charge in [-0.05, 0) is 0 Å². The third-order valence-electron chi connectivity index (χ3n) is 6.76. The molecule has 3 aliphatic rings. The fourth-order valence-electron chi connectivity index (χ4n) is 4.20. The SMILES string of the molecule is C1C[SiH2]C1.CC1=[C]([Zr+2][C]2=C(C)C(c3ccc(C)cc3)=CC2)CC=C1c1ccc(C)cc1.[Cl-].[Cl-]. The van der Waals surface area contributed by atoms with Crippen LogP contribution in [0.25, 0.3) is 11.1 Å². The van der Waals surface area contributed by atoms with Crippen LogP contribution >= 0.6 is 0 Å². The minimum Gasteiger partial charge on any atom is -1.00 e. The number of hydrogen-bond acceptors (Lipinski definition) is 0. The average molecular weight is 573 g/mol. The van der Waals surface area contributed by atoms with E-state index in [0.717, 1.165) is 12.8 Å². The maximum absolute atomic E-state index is 2.45. The Morgan fingerprint density at radius 1 is 0.606 bits per heavy atom. The van der Waals surface area contributed by atoms with Gasteiger partial charge in [-0.2, -0.15) is 0 Å². The van der Waals surface area contributed by atoms with Crippen molar-refractivity contribution in [3.05, 3.63) is 101 Å². The van der Waals surface area contributed by atoms with Crippen LogP contribution in [0.5, 0.6) is 0 Å². The summed E-state index contributed by atoms with van der Waals surface area (Å²) in [7, 11) is 0.605. The van der Waals surface area contributed by atoms with Gasteiger partial charge >= 0.3 is 176 Å². The predicted molar refractivity (Wildman–Crippen MR) is 136 cm³/mol. The molecule has 1 heterocycles. The van der Waals surface area contributed by atoms with Crippen LogP contribution in [0.2, 0.25) is 12.1 Å². The van der Waals surface area contributed by atoms with E-state index in [4.69, 9.17) is 0 Å². The summed E-state index contributed by atoms with van der Waals surface area (Å²) in [5.41, 5.74) is 11.5. The van der Waals surface area contributed by atoms with Crippen molar-refractivity contribution in [2.45, 2.75) is 59.0 Å². The Bertz CT molecular complexity index is 982. The second-order valence-corrected chi connectivity index (χ2v) is 14.8. The summed E-state index contributed by atoms with van der Waals surface area (Å²) in [6, 6.07) is 21.3. The monoisotopic (exact) mass is 570 g/mol. The second kappa shape index (κ2) is 13.2. The minimum absolute atomic E-state index is 0. The van der Waals surface area contributed by atoms with Crippen molar-refractivity contribution < 1.29 is 48.0 Å². The normalized spacial score (nSPS) is 16.5. The van der Waals surface area contributed by atoms with Gasteiger partial charge in [-0.15, -0.1) is 0 Å². The third kappa shape index (κ3) is 7.04. The van der Waals surface area contributed by atoms with Crippen LogP contribution < -0.4 is 24.8 Å². The topological polar surface area (TPSA) is 0 Å². The molecule has 0 atom stereocenters. The Morgan fingerprint density at radius 3 is 1.24 bits per heavy atom. The van der Waals surface area contributed by atoms with Crippen molar-refractivity contribution in [2.75, 3.05) is 0 Å². The van der Waals surface area contributed by atoms with Crippen molar-refractivity contribution >= 4 is 20.7 Å². The van der Waals surface area contributed by atoms with E-state index in [1.54, 1.807) is 36.2 Å². The average Bonchev–Trinajstić information content (AvgIpc) is 3.26. The molecule has 1 saturated heterocycles. The molecule has 0 amide bonds. The Kier molecular flexibility index (Phi) is 11.4. The summed E-state index contributed by atoms with van der Waals surface area (Å²) in [5.74, 6) is 0. The van der Waals surface area contributed by atoms with E-state index in [1.165, 1.54) is 33.4 Å². The maximum Gasteiger partial charge on any atom is -1.00 e. The Balaban J connectivity index is 0.000000582. The van der Waals surface area contributed by atoms with Crippen LogP contribution in [0.3, 0.4) is 0 Å². The first kappa shape index (κ1) is 28.3. The number of benzene rings is 2. The van der Waals surface area contributed by atoms with Crippen molar-refractivity contribution in [3.8, 4) is 0 Å². The summed E-state index contributed by atoms with van der Waals surface area (Å²) < 4.78 is 3.50. The molecule has 0 aromatic heterocycles. The van der Waals surface area contributed by atoms with Gasteiger partial charge in [0.25, 0.3) is 0 Å². The number of rotatable bonds is 4. The first-order valence-electron chi connectivity index (χ1n) is 11.7. The fraction of sp³-hybridized carbons (Fsp3) is 0.310. The van der Waals surface area contributed by atoms with E-state index in [0.29, 0.717) is 9.52 Å². The van der Waals surface area contributed by atoms with E-state index in [9.17, 15) is 0 Å². The van der Waals surface area contributed by atoms with Crippen molar-refractivity contribution in [1.29, 1.82) is 0 Å². The van der Waals surface area contributed by atoms with Crippen LogP contribution in [-0.4, -0.2) is 9.52 Å². The molecule has 0 bridgehead atoms. The van der Waals surface area contributed by atoms with Crippen LogP contribution in [0.4, 0.5) is 0 Å². The fourth-order valence-corrected chi connectivity index (χ4v) is 8.19. The molecule has 0 saturated carbocycles. The zero-order chi connectivity index (χ0) is 21.8. The molecular weight excluding hydrogens is 539 g/mol. The number of halogens is 2. The van der Waals surface area contributed by atoms with Crippen molar-refractivity contribution in [3.63, 3.8) is 0 Å². The van der Waals surface area contributed by atoms with Gasteiger partial charge in [0.05, 0.1) is 0 Å². The number of aryl methyl sites for hydroxylation is 2. The van der Waals surface area contributed by atoms with Gasteiger partial charge in [0.15, 0.2) is 0 Å². The molecule has 5 rings (SSSR count). The molecule has 0 radical (unpaired) electrons. The quantitative estimate of drug-likeness (QED) is 0.489. The van der Waals surface area contributed by atoms with Crippen molar-refractivity contribution in [1.82, 2.24) is 0 Å². The predicted octanol–water partition coefficient (Wildman–Crippen LogP) is 1.61. The standard InChI is InChI=1S/2C13H13.C3H8Si.2ClH.Zr/c2*1-10-6-8-12(9-7-10)13-5-3-4-11(13)2;1-2-4-3-1;;;/h2*5-9H,3H2,1-2H3;1-4H2;2*1H;/q;;;;;+2/p-2. The van der Waals surface area contributed by atoms with E-state index < -0.39 is 23.2 Å². The number of hydrogen-bond donors (Lipinski definition) is 0. The van der Waals surface area contributed by atoms with E-state index in [-0.39, 0.29) is 24.8 Å². The van der Waals surface area contributed by atoms with Gasteiger partial charge in [0, 0.05) is 9.52 Å². The summed E-state index contributed by atoms with van der Waals surface area (Å²) in [6.45, 7) is 8.99. The summed E-state index contributed by atoms with van der Waals surface area (Å²) in [4.78, 5) is 0. The molecule has 2 aromatic carbocycles. The zero-order valence-electron chi connectivity index (χ0n) is 20.3. The molecule has 0 N–H and O–H groups in total. The Morgan fingerprint density at radius 2 is 0.939 bits per heavy atom. The molecule has 0 spiro atoms. The van der Waals surface area contributed by atoms with E-state index in [1.807, 2.05) is 0 Å². The van der Waals surface area contributed by atoms with Gasteiger partial charge in [-0.25, -0.2) is 0 Å². The third-order valence-corrected chi connectivity index (χ3v) is 13.1. The molecule has 0 nitrogen and oxygen atoms in total. The first-order chi connectivity index (χ1) is 15.0. The zero-order valence-corrected chi connectivity index (χ0v) is 25.7. The van der Waals surface area contributed by atoms with Crippen LogP contribution in [0.1, 0.15) is 55.4 Å². The summed E-state index contributed by atoms with van der Waals surface area (Å²) in [5, 5.41) is 0. The summed E-state index contributed by atoms with van der Waals surface area (Å²) in [6.07, 6.45) is 8.80. The molecule has 1 aliphatic heterocycles. The molecule has 172 valence electrons. The summed E-state index contributed by atoms with van der Waals surface area (Å²) >= 11 is -0.694. The van der Waals surface area contributed by atoms with Crippen molar-refractivity contribution in [2.24, 2.45) is 0 Å². The van der Waals surface area contributed by atoms with Gasteiger partial charge in [-0.1, -0.05) is 18.5 Å². The van der Waals surface area contributed by atoms with Crippen LogP contribution in [0.15, 0.2) is 78.4 Å².